The summed E-state index contributed by atoms with van der Waals surface area (Å²) in [6.07, 6.45) is 0.260. The summed E-state index contributed by atoms with van der Waals surface area (Å²) in [6.45, 7) is 2.33. The average Bonchev–Trinajstić information content (AvgIpc) is 2.26. The van der Waals surface area contributed by atoms with E-state index in [1.165, 1.54) is 4.90 Å². The average molecular weight is 219 g/mol. The highest BCUT2D eigenvalue weighted by Crippen LogP contribution is 2.20. The molecule has 84 valence electrons. The molecule has 0 aliphatic carbocycles. The van der Waals surface area contributed by atoms with Crippen molar-refractivity contribution in [2.75, 3.05) is 11.4 Å². The Labute approximate surface area is 93.4 Å². The number of amides is 3. The van der Waals surface area contributed by atoms with Gasteiger partial charge in [0.1, 0.15) is 0 Å². The lowest BCUT2D eigenvalue weighted by molar-refractivity contribution is -0.129. The number of carbonyl (C=O) groups is 2. The summed E-state index contributed by atoms with van der Waals surface area (Å²) < 4.78 is 0. The van der Waals surface area contributed by atoms with Gasteiger partial charge in [0.15, 0.2) is 0 Å². The minimum Gasteiger partial charge on any atom is -0.292 e. The molecule has 0 aromatic heterocycles. The van der Waals surface area contributed by atoms with Crippen LogP contribution in [-0.4, -0.2) is 23.5 Å². The van der Waals surface area contributed by atoms with Crippen molar-refractivity contribution in [3.8, 4) is 0 Å². The van der Waals surface area contributed by atoms with Crippen LogP contribution in [0.2, 0.25) is 0 Å². The first kappa shape index (κ1) is 10.6. The van der Waals surface area contributed by atoms with Crippen molar-refractivity contribution in [1.82, 2.24) is 5.01 Å². The molecule has 0 bridgehead atoms. The number of nitrogens with zero attached hydrogens (tertiary/aromatic N) is 2. The normalized spacial score (nSPS) is 16.9. The van der Waals surface area contributed by atoms with Crippen molar-refractivity contribution in [2.24, 2.45) is 5.84 Å². The molecule has 1 aromatic carbocycles. The molecule has 5 nitrogen and oxygen atoms in total. The van der Waals surface area contributed by atoms with Crippen LogP contribution in [-0.2, 0) is 4.79 Å². The second-order valence-electron chi connectivity index (χ2n) is 3.79. The van der Waals surface area contributed by atoms with Gasteiger partial charge in [-0.05, 0) is 24.6 Å². The molecule has 1 heterocycles. The highest BCUT2D eigenvalue weighted by atomic mass is 16.2. The van der Waals surface area contributed by atoms with Crippen molar-refractivity contribution < 1.29 is 9.59 Å². The van der Waals surface area contributed by atoms with Gasteiger partial charge in [0.25, 0.3) is 0 Å². The van der Waals surface area contributed by atoms with Gasteiger partial charge in [-0.1, -0.05) is 12.1 Å². The minimum absolute atomic E-state index is 0.260. The van der Waals surface area contributed by atoms with Crippen LogP contribution in [0.5, 0.6) is 0 Å². The molecule has 16 heavy (non-hydrogen) atoms. The van der Waals surface area contributed by atoms with E-state index in [0.717, 1.165) is 11.3 Å². The van der Waals surface area contributed by atoms with Crippen LogP contribution < -0.4 is 10.7 Å². The highest BCUT2D eigenvalue weighted by molar-refractivity contribution is 6.04. The Bertz CT molecular complexity index is 445. The topological polar surface area (TPSA) is 66.6 Å². The molecule has 1 saturated heterocycles. The van der Waals surface area contributed by atoms with E-state index in [9.17, 15) is 9.59 Å². The molecule has 2 rings (SSSR count). The van der Waals surface area contributed by atoms with Gasteiger partial charge in [-0.2, -0.15) is 5.01 Å². The Balaban J connectivity index is 2.28. The van der Waals surface area contributed by atoms with Crippen molar-refractivity contribution in [3.05, 3.63) is 29.8 Å². The molecule has 3 amide bonds. The number of anilines is 1. The first-order valence-electron chi connectivity index (χ1n) is 5.05. The van der Waals surface area contributed by atoms with E-state index in [0.29, 0.717) is 11.6 Å². The zero-order chi connectivity index (χ0) is 11.7. The van der Waals surface area contributed by atoms with Gasteiger partial charge < -0.3 is 0 Å². The summed E-state index contributed by atoms with van der Waals surface area (Å²) >= 11 is 0. The van der Waals surface area contributed by atoms with Crippen LogP contribution >= 0.6 is 0 Å². The van der Waals surface area contributed by atoms with Gasteiger partial charge in [0, 0.05) is 18.7 Å². The third kappa shape index (κ3) is 1.77. The van der Waals surface area contributed by atoms with Gasteiger partial charge in [0.2, 0.25) is 5.91 Å². The number of aryl methyl sites for hydroxylation is 1. The third-order valence-electron chi connectivity index (χ3n) is 2.57. The number of benzene rings is 1. The molecule has 1 aromatic rings. The second-order valence-corrected chi connectivity index (χ2v) is 3.79. The zero-order valence-corrected chi connectivity index (χ0v) is 9.01. The fraction of sp³-hybridized carbons (Fsp3) is 0.273. The number of hydrazine groups is 1. The SMILES string of the molecule is Cc1cccc(N2CCC(=O)N(N)C2=O)c1. The third-order valence-corrected chi connectivity index (χ3v) is 2.57. The van der Waals surface area contributed by atoms with Crippen LogP contribution in [0.3, 0.4) is 0 Å². The molecule has 2 N–H and O–H groups in total. The lowest BCUT2D eigenvalue weighted by Gasteiger charge is -2.31. The number of rotatable bonds is 1. The van der Waals surface area contributed by atoms with E-state index in [1.807, 2.05) is 31.2 Å². The summed E-state index contributed by atoms with van der Waals surface area (Å²) in [5, 5.41) is 0.672. The maximum Gasteiger partial charge on any atom is 0.345 e. The van der Waals surface area contributed by atoms with E-state index in [1.54, 1.807) is 0 Å². The Hall–Kier alpha value is -1.88. The smallest absolute Gasteiger partial charge is 0.292 e. The first-order valence-corrected chi connectivity index (χ1v) is 5.05. The molecule has 1 aliphatic heterocycles. The number of urea groups is 1. The predicted molar refractivity (Wildman–Crippen MR) is 59.6 cm³/mol. The summed E-state index contributed by atoms with van der Waals surface area (Å²) in [6, 6.07) is 7.07. The van der Waals surface area contributed by atoms with Crippen LogP contribution in [0.15, 0.2) is 24.3 Å². The van der Waals surface area contributed by atoms with Crippen molar-refractivity contribution in [2.45, 2.75) is 13.3 Å². The molecule has 0 unspecified atom stereocenters. The monoisotopic (exact) mass is 219 g/mol. The largest absolute Gasteiger partial charge is 0.345 e. The van der Waals surface area contributed by atoms with E-state index < -0.39 is 6.03 Å². The summed E-state index contributed by atoms with van der Waals surface area (Å²) in [5.74, 6) is 5.04. The first-order chi connectivity index (χ1) is 7.59. The van der Waals surface area contributed by atoms with Crippen LogP contribution in [0.25, 0.3) is 0 Å². The lowest BCUT2D eigenvalue weighted by atomic mass is 10.2. The van der Waals surface area contributed by atoms with E-state index in [4.69, 9.17) is 5.84 Å². The Morgan fingerprint density at radius 1 is 1.31 bits per heavy atom. The minimum atomic E-state index is -0.471. The molecule has 0 atom stereocenters. The van der Waals surface area contributed by atoms with E-state index >= 15 is 0 Å². The highest BCUT2D eigenvalue weighted by Gasteiger charge is 2.30. The molecule has 1 aliphatic rings. The molecule has 5 heteroatoms. The van der Waals surface area contributed by atoms with Gasteiger partial charge in [-0.15, -0.1) is 0 Å². The number of hydrogen-bond donors (Lipinski definition) is 1. The van der Waals surface area contributed by atoms with Crippen LogP contribution in [0, 0.1) is 6.92 Å². The Morgan fingerprint density at radius 2 is 2.06 bits per heavy atom. The fourth-order valence-corrected chi connectivity index (χ4v) is 1.70. The van der Waals surface area contributed by atoms with Gasteiger partial charge in [-0.25, -0.2) is 10.6 Å². The molecular formula is C11H13N3O2. The van der Waals surface area contributed by atoms with Gasteiger partial charge >= 0.3 is 6.03 Å². The van der Waals surface area contributed by atoms with Crippen molar-refractivity contribution in [1.29, 1.82) is 0 Å². The quantitative estimate of drug-likeness (QED) is 0.566. The molecule has 1 fully saturated rings. The Morgan fingerprint density at radius 3 is 2.75 bits per heavy atom. The zero-order valence-electron chi connectivity index (χ0n) is 9.01. The van der Waals surface area contributed by atoms with Gasteiger partial charge in [0.05, 0.1) is 0 Å². The number of carbonyl (C=O) groups excluding carboxylic acids is 2. The standard InChI is InChI=1S/C11H13N3O2/c1-8-3-2-4-9(7-8)13-6-5-10(15)14(12)11(13)16/h2-4,7H,5-6,12H2,1H3. The number of imide groups is 1. The van der Waals surface area contributed by atoms with Gasteiger partial charge in [-0.3, -0.25) is 9.69 Å². The Kier molecular flexibility index (Phi) is 2.62. The molecule has 0 spiro atoms. The van der Waals surface area contributed by atoms with Crippen LogP contribution in [0.1, 0.15) is 12.0 Å². The fourth-order valence-electron chi connectivity index (χ4n) is 1.70. The van der Waals surface area contributed by atoms with E-state index in [2.05, 4.69) is 0 Å². The van der Waals surface area contributed by atoms with E-state index in [-0.39, 0.29) is 12.3 Å². The maximum absolute atomic E-state index is 11.8. The number of nitrogens with two attached hydrogens (primary N) is 1. The van der Waals surface area contributed by atoms with Crippen molar-refractivity contribution in [3.63, 3.8) is 0 Å². The summed E-state index contributed by atoms with van der Waals surface area (Å²) in [7, 11) is 0. The molecule has 0 radical (unpaired) electrons. The lowest BCUT2D eigenvalue weighted by Crippen LogP contribution is -2.55. The molecule has 0 saturated carbocycles. The van der Waals surface area contributed by atoms with Crippen LogP contribution in [0.4, 0.5) is 10.5 Å². The second kappa shape index (κ2) is 3.94. The maximum atomic E-state index is 11.8. The predicted octanol–water partition coefficient (Wildman–Crippen LogP) is 1.03. The molecular weight excluding hydrogens is 206 g/mol. The summed E-state index contributed by atoms with van der Waals surface area (Å²) in [5.41, 5.74) is 1.83. The van der Waals surface area contributed by atoms with Crippen molar-refractivity contribution >= 4 is 17.6 Å². The summed E-state index contributed by atoms with van der Waals surface area (Å²) in [4.78, 5) is 24.5. The number of hydrogen-bond acceptors (Lipinski definition) is 3.